The first-order valence-electron chi connectivity index (χ1n) is 18.5. The quantitative estimate of drug-likeness (QED) is 0.166. The molecule has 0 N–H and O–H groups in total. The summed E-state index contributed by atoms with van der Waals surface area (Å²) in [7, 11) is 0. The average Bonchev–Trinajstić information content (AvgIpc) is 3.61. The first-order chi connectivity index (χ1) is 27.3. The van der Waals surface area contributed by atoms with Gasteiger partial charge >= 0.3 is 0 Å². The minimum absolute atomic E-state index is 0.633. The molecule has 258 valence electrons. The Kier molecular flexibility index (Phi) is 8.12. The molecule has 10 aromatic rings. The standard InChI is InChI=1S/C51H34N4/c1-5-18-35(19-6-1)45-33-40(34-46-44-30-15-16-31-47(44)55(48(45)46)41-26-11-4-12-27-41)43-29-14-13-28-42(43)38-24-17-25-39(32-38)51-53-49(36-20-7-2-8-21-36)52-50(54-51)37-22-9-3-10-23-37/h1-34H. The van der Waals surface area contributed by atoms with E-state index in [4.69, 9.17) is 15.0 Å². The topological polar surface area (TPSA) is 43.6 Å². The number of benzene rings is 8. The van der Waals surface area contributed by atoms with E-state index in [-0.39, 0.29) is 0 Å². The highest BCUT2D eigenvalue weighted by molar-refractivity contribution is 6.15. The van der Waals surface area contributed by atoms with Gasteiger partial charge in [-0.25, -0.2) is 15.0 Å². The molecule has 0 amide bonds. The number of rotatable bonds is 7. The summed E-state index contributed by atoms with van der Waals surface area (Å²) in [5.41, 5.74) is 13.2. The second-order valence-electron chi connectivity index (χ2n) is 13.6. The minimum Gasteiger partial charge on any atom is -0.309 e. The number of para-hydroxylation sites is 2. The highest BCUT2D eigenvalue weighted by Gasteiger charge is 2.20. The van der Waals surface area contributed by atoms with Crippen molar-refractivity contribution in [1.82, 2.24) is 19.5 Å². The van der Waals surface area contributed by atoms with E-state index in [9.17, 15) is 0 Å². The fourth-order valence-electron chi connectivity index (χ4n) is 7.69. The van der Waals surface area contributed by atoms with Gasteiger partial charge in [-0.2, -0.15) is 0 Å². The molecule has 2 heterocycles. The van der Waals surface area contributed by atoms with Crippen LogP contribution in [0.5, 0.6) is 0 Å². The van der Waals surface area contributed by atoms with Crippen LogP contribution in [0.3, 0.4) is 0 Å². The Balaban J connectivity index is 1.16. The van der Waals surface area contributed by atoms with Gasteiger partial charge in [0, 0.05) is 38.7 Å². The maximum atomic E-state index is 5.03. The maximum absolute atomic E-state index is 5.03. The van der Waals surface area contributed by atoms with E-state index >= 15 is 0 Å². The lowest BCUT2D eigenvalue weighted by atomic mass is 9.90. The molecule has 0 aliphatic heterocycles. The van der Waals surface area contributed by atoms with Crippen LogP contribution in [0.4, 0.5) is 0 Å². The number of fused-ring (bicyclic) bond motifs is 3. The molecule has 0 radical (unpaired) electrons. The Morgan fingerprint density at radius 3 is 1.40 bits per heavy atom. The summed E-state index contributed by atoms with van der Waals surface area (Å²) >= 11 is 0. The number of hydrogen-bond donors (Lipinski definition) is 0. The zero-order valence-corrected chi connectivity index (χ0v) is 29.9. The predicted molar refractivity (Wildman–Crippen MR) is 227 cm³/mol. The average molecular weight is 703 g/mol. The van der Waals surface area contributed by atoms with Crippen molar-refractivity contribution in [2.45, 2.75) is 0 Å². The molecule has 0 fully saturated rings. The summed E-state index contributed by atoms with van der Waals surface area (Å²) in [6, 6.07) is 72.4. The third-order valence-electron chi connectivity index (χ3n) is 10.2. The molecule has 8 aromatic carbocycles. The smallest absolute Gasteiger partial charge is 0.164 e. The summed E-state index contributed by atoms with van der Waals surface area (Å²) in [4.78, 5) is 15.0. The first-order valence-corrected chi connectivity index (χ1v) is 18.5. The highest BCUT2D eigenvalue weighted by atomic mass is 15.0. The van der Waals surface area contributed by atoms with Gasteiger partial charge in [0.2, 0.25) is 0 Å². The number of aromatic nitrogens is 4. The Morgan fingerprint density at radius 2 is 0.764 bits per heavy atom. The summed E-state index contributed by atoms with van der Waals surface area (Å²) < 4.78 is 2.41. The molecular formula is C51H34N4. The van der Waals surface area contributed by atoms with Gasteiger partial charge in [-0.1, -0.05) is 170 Å². The van der Waals surface area contributed by atoms with Crippen molar-refractivity contribution in [3.63, 3.8) is 0 Å². The lowest BCUT2D eigenvalue weighted by Crippen LogP contribution is -2.00. The molecular weight excluding hydrogens is 669 g/mol. The van der Waals surface area contributed by atoms with Crippen LogP contribution in [0.2, 0.25) is 0 Å². The lowest BCUT2D eigenvalue weighted by molar-refractivity contribution is 1.07. The van der Waals surface area contributed by atoms with Crippen molar-refractivity contribution in [3.8, 4) is 73.2 Å². The largest absolute Gasteiger partial charge is 0.309 e. The van der Waals surface area contributed by atoms with E-state index in [1.165, 1.54) is 32.9 Å². The van der Waals surface area contributed by atoms with Crippen molar-refractivity contribution < 1.29 is 0 Å². The SMILES string of the molecule is c1ccc(-c2nc(-c3ccccc3)nc(-c3cccc(-c4ccccc4-c4cc(-c5ccccc5)c5c(c4)c4ccccc4n5-c4ccccc4)c3)n2)cc1. The van der Waals surface area contributed by atoms with E-state index in [0.717, 1.165) is 44.6 Å². The van der Waals surface area contributed by atoms with Crippen molar-refractivity contribution in [1.29, 1.82) is 0 Å². The zero-order valence-electron chi connectivity index (χ0n) is 29.9. The molecule has 0 saturated carbocycles. The zero-order chi connectivity index (χ0) is 36.6. The number of nitrogens with zero attached hydrogens (tertiary/aromatic N) is 4. The fraction of sp³-hybridized carbons (Fsp3) is 0. The van der Waals surface area contributed by atoms with Crippen LogP contribution in [-0.4, -0.2) is 19.5 Å². The predicted octanol–water partition coefficient (Wildman–Crippen LogP) is 13.0. The van der Waals surface area contributed by atoms with E-state index in [2.05, 4.69) is 150 Å². The van der Waals surface area contributed by atoms with Crippen LogP contribution in [0.25, 0.3) is 95.0 Å². The first kappa shape index (κ1) is 32.2. The molecule has 4 nitrogen and oxygen atoms in total. The molecule has 0 saturated heterocycles. The van der Waals surface area contributed by atoms with E-state index in [0.29, 0.717) is 17.5 Å². The highest BCUT2D eigenvalue weighted by Crippen LogP contribution is 2.43. The Labute approximate surface area is 319 Å². The van der Waals surface area contributed by atoms with Gasteiger partial charge in [0.05, 0.1) is 11.0 Å². The molecule has 0 spiro atoms. The Morgan fingerprint density at radius 1 is 0.291 bits per heavy atom. The van der Waals surface area contributed by atoms with Crippen molar-refractivity contribution in [2.75, 3.05) is 0 Å². The number of hydrogen-bond acceptors (Lipinski definition) is 3. The van der Waals surface area contributed by atoms with Gasteiger partial charge in [-0.15, -0.1) is 0 Å². The molecule has 55 heavy (non-hydrogen) atoms. The molecule has 0 aliphatic rings. The van der Waals surface area contributed by atoms with Gasteiger partial charge in [-0.3, -0.25) is 0 Å². The maximum Gasteiger partial charge on any atom is 0.164 e. The normalized spacial score (nSPS) is 11.3. The fourth-order valence-corrected chi connectivity index (χ4v) is 7.69. The molecule has 0 bridgehead atoms. The van der Waals surface area contributed by atoms with E-state index in [1.807, 2.05) is 60.7 Å². The van der Waals surface area contributed by atoms with Crippen molar-refractivity contribution in [2.24, 2.45) is 0 Å². The van der Waals surface area contributed by atoms with Gasteiger partial charge in [-0.05, 0) is 64.2 Å². The summed E-state index contributed by atoms with van der Waals surface area (Å²) in [6.45, 7) is 0. The molecule has 2 aromatic heterocycles. The monoisotopic (exact) mass is 702 g/mol. The van der Waals surface area contributed by atoms with E-state index < -0.39 is 0 Å². The lowest BCUT2D eigenvalue weighted by Gasteiger charge is -2.16. The summed E-state index contributed by atoms with van der Waals surface area (Å²) in [5.74, 6) is 1.92. The molecule has 0 atom stereocenters. The third kappa shape index (κ3) is 5.96. The van der Waals surface area contributed by atoms with Crippen LogP contribution in [0.15, 0.2) is 206 Å². The van der Waals surface area contributed by atoms with Gasteiger partial charge in [0.25, 0.3) is 0 Å². The molecule has 0 unspecified atom stereocenters. The minimum atomic E-state index is 0.633. The Bertz CT molecular complexity index is 2900. The second kappa shape index (κ2) is 13.8. The van der Waals surface area contributed by atoms with Crippen LogP contribution >= 0.6 is 0 Å². The molecule has 0 aliphatic carbocycles. The summed E-state index contributed by atoms with van der Waals surface area (Å²) in [5, 5.41) is 2.43. The molecule has 4 heteroatoms. The van der Waals surface area contributed by atoms with Gasteiger partial charge in [0.15, 0.2) is 17.5 Å². The van der Waals surface area contributed by atoms with Gasteiger partial charge < -0.3 is 4.57 Å². The van der Waals surface area contributed by atoms with Crippen LogP contribution in [0.1, 0.15) is 0 Å². The summed E-state index contributed by atoms with van der Waals surface area (Å²) in [6.07, 6.45) is 0. The second-order valence-corrected chi connectivity index (χ2v) is 13.6. The van der Waals surface area contributed by atoms with Crippen molar-refractivity contribution >= 4 is 21.8 Å². The van der Waals surface area contributed by atoms with Crippen molar-refractivity contribution in [3.05, 3.63) is 206 Å². The van der Waals surface area contributed by atoms with Crippen LogP contribution in [-0.2, 0) is 0 Å². The van der Waals surface area contributed by atoms with Gasteiger partial charge in [0.1, 0.15) is 0 Å². The third-order valence-corrected chi connectivity index (χ3v) is 10.2. The van der Waals surface area contributed by atoms with E-state index in [1.54, 1.807) is 0 Å². The van der Waals surface area contributed by atoms with Crippen LogP contribution in [0, 0.1) is 0 Å². The molecule has 10 rings (SSSR count). The Hall–Kier alpha value is -7.43. The van der Waals surface area contributed by atoms with Crippen LogP contribution < -0.4 is 0 Å².